The van der Waals surface area contributed by atoms with Crippen molar-refractivity contribution in [1.29, 1.82) is 0 Å². The summed E-state index contributed by atoms with van der Waals surface area (Å²) in [7, 11) is 0. The van der Waals surface area contributed by atoms with Gasteiger partial charge in [-0.15, -0.1) is 11.3 Å². The maximum atomic E-state index is 5.37. The fourth-order valence-corrected chi connectivity index (χ4v) is 4.69. The second-order valence-corrected chi connectivity index (χ2v) is 7.00. The molecule has 0 atom stereocenters. The minimum absolute atomic E-state index is 0.657. The second-order valence-electron chi connectivity index (χ2n) is 5.61. The van der Waals surface area contributed by atoms with E-state index < -0.39 is 0 Å². The third-order valence-electron chi connectivity index (χ3n) is 4.26. The predicted octanol–water partition coefficient (Wildman–Crippen LogP) is 3.98. The molecule has 5 heteroatoms. The van der Waals surface area contributed by atoms with Gasteiger partial charge in [-0.1, -0.05) is 18.4 Å². The van der Waals surface area contributed by atoms with Crippen LogP contribution in [-0.4, -0.2) is 15.0 Å². The van der Waals surface area contributed by atoms with Gasteiger partial charge in [0, 0.05) is 11.1 Å². The molecule has 0 amide bonds. The molecule has 0 aliphatic heterocycles. The molecular formula is C16H16N3S2-. The van der Waals surface area contributed by atoms with Gasteiger partial charge in [-0.05, 0) is 43.2 Å². The first-order valence-electron chi connectivity index (χ1n) is 7.54. The summed E-state index contributed by atoms with van der Waals surface area (Å²) < 4.78 is 1.02. The molecule has 3 aromatic heterocycles. The molecular weight excluding hydrogens is 298 g/mol. The molecule has 0 unspecified atom stereocenters. The summed E-state index contributed by atoms with van der Waals surface area (Å²) >= 11 is 7.03. The van der Waals surface area contributed by atoms with Crippen LogP contribution in [0.15, 0.2) is 11.4 Å². The first-order valence-corrected chi connectivity index (χ1v) is 8.77. The lowest BCUT2D eigenvalue weighted by Gasteiger charge is -2.19. The average molecular weight is 314 g/mol. The van der Waals surface area contributed by atoms with Crippen LogP contribution < -0.4 is 0 Å². The molecule has 3 nitrogen and oxygen atoms in total. The van der Waals surface area contributed by atoms with Gasteiger partial charge < -0.3 is 12.6 Å². The summed E-state index contributed by atoms with van der Waals surface area (Å²) in [5.74, 6) is 0. The number of hydrogen-bond acceptors (Lipinski definition) is 5. The van der Waals surface area contributed by atoms with Gasteiger partial charge in [0.25, 0.3) is 0 Å². The zero-order chi connectivity index (χ0) is 14.4. The van der Waals surface area contributed by atoms with E-state index in [9.17, 15) is 0 Å². The maximum Gasteiger partial charge on any atom is 0.126 e. The van der Waals surface area contributed by atoms with Crippen LogP contribution in [0.1, 0.15) is 43.0 Å². The fourth-order valence-electron chi connectivity index (χ4n) is 3.36. The van der Waals surface area contributed by atoms with Crippen molar-refractivity contribution in [3.8, 4) is 0 Å². The molecule has 3 heterocycles. The van der Waals surface area contributed by atoms with Gasteiger partial charge in [0.1, 0.15) is 11.2 Å². The molecule has 0 N–H and O–H groups in total. The summed E-state index contributed by atoms with van der Waals surface area (Å²) in [5, 5.41) is 1.91. The smallest absolute Gasteiger partial charge is 0.126 e. The lowest BCUT2D eigenvalue weighted by atomic mass is 9.88. The lowest BCUT2D eigenvalue weighted by Crippen LogP contribution is -2.09. The van der Waals surface area contributed by atoms with Crippen molar-refractivity contribution in [2.75, 3.05) is 0 Å². The molecule has 3 aromatic rings. The van der Waals surface area contributed by atoms with E-state index >= 15 is 0 Å². The number of pyridine rings is 1. The average Bonchev–Trinajstić information content (AvgIpc) is 2.88. The van der Waals surface area contributed by atoms with Crippen molar-refractivity contribution in [3.05, 3.63) is 23.1 Å². The van der Waals surface area contributed by atoms with Gasteiger partial charge in [0.05, 0.1) is 10.2 Å². The van der Waals surface area contributed by atoms with Gasteiger partial charge in [0.15, 0.2) is 0 Å². The fraction of sp³-hybridized carbons (Fsp3) is 0.438. The Morgan fingerprint density at radius 2 is 2.00 bits per heavy atom. The Morgan fingerprint density at radius 1 is 1.19 bits per heavy atom. The predicted molar refractivity (Wildman–Crippen MR) is 89.0 cm³/mol. The van der Waals surface area contributed by atoms with Crippen molar-refractivity contribution in [2.45, 2.75) is 50.5 Å². The SMILES string of the molecule is CCCc1nc2sc3c([S-])ncnc3c2c2c1CCCC2. The summed E-state index contributed by atoms with van der Waals surface area (Å²) in [5.41, 5.74) is 5.28. The molecule has 21 heavy (non-hydrogen) atoms. The lowest BCUT2D eigenvalue weighted by molar-refractivity contribution is 0.675. The molecule has 0 spiro atoms. The number of hydrogen-bond donors (Lipinski definition) is 0. The highest BCUT2D eigenvalue weighted by atomic mass is 32.1. The number of nitrogens with zero attached hydrogens (tertiary/aromatic N) is 3. The largest absolute Gasteiger partial charge is 0.759 e. The van der Waals surface area contributed by atoms with Crippen LogP contribution in [0.4, 0.5) is 0 Å². The van der Waals surface area contributed by atoms with Crippen LogP contribution in [-0.2, 0) is 31.9 Å². The minimum atomic E-state index is 0.657. The first kappa shape index (κ1) is 13.3. The summed E-state index contributed by atoms with van der Waals surface area (Å²) in [4.78, 5) is 14.7. The molecule has 0 radical (unpaired) electrons. The first-order chi connectivity index (χ1) is 10.3. The van der Waals surface area contributed by atoms with Gasteiger partial charge in [0.2, 0.25) is 0 Å². The number of aryl methyl sites for hydroxylation is 2. The molecule has 1 aliphatic rings. The van der Waals surface area contributed by atoms with Crippen LogP contribution in [0.2, 0.25) is 0 Å². The second kappa shape index (κ2) is 5.14. The third kappa shape index (κ3) is 2.02. The molecule has 0 saturated carbocycles. The van der Waals surface area contributed by atoms with E-state index in [4.69, 9.17) is 17.6 Å². The van der Waals surface area contributed by atoms with Gasteiger partial charge in [-0.25, -0.2) is 9.97 Å². The van der Waals surface area contributed by atoms with Crippen LogP contribution in [0.25, 0.3) is 20.4 Å². The Bertz CT molecular complexity index is 839. The topological polar surface area (TPSA) is 38.7 Å². The van der Waals surface area contributed by atoms with E-state index in [-0.39, 0.29) is 0 Å². The normalized spacial score (nSPS) is 14.7. The van der Waals surface area contributed by atoms with Gasteiger partial charge in [-0.3, -0.25) is 4.98 Å². The summed E-state index contributed by atoms with van der Waals surface area (Å²) in [6.07, 6.45) is 8.65. The third-order valence-corrected chi connectivity index (χ3v) is 5.78. The zero-order valence-electron chi connectivity index (χ0n) is 12.0. The van der Waals surface area contributed by atoms with Crippen LogP contribution >= 0.6 is 11.3 Å². The van der Waals surface area contributed by atoms with Gasteiger partial charge >= 0.3 is 0 Å². The summed E-state index contributed by atoms with van der Waals surface area (Å²) in [6.45, 7) is 2.22. The maximum absolute atomic E-state index is 5.37. The molecule has 1 aliphatic carbocycles. The zero-order valence-corrected chi connectivity index (χ0v) is 13.6. The van der Waals surface area contributed by atoms with E-state index in [1.54, 1.807) is 17.7 Å². The highest BCUT2D eigenvalue weighted by Crippen LogP contribution is 2.39. The van der Waals surface area contributed by atoms with E-state index in [1.807, 2.05) is 0 Å². The highest BCUT2D eigenvalue weighted by Gasteiger charge is 2.21. The Balaban J connectivity index is 2.13. The van der Waals surface area contributed by atoms with Crippen LogP contribution in [0.3, 0.4) is 0 Å². The minimum Gasteiger partial charge on any atom is -0.759 e. The van der Waals surface area contributed by atoms with Crippen LogP contribution in [0, 0.1) is 0 Å². The Hall–Kier alpha value is -1.33. The van der Waals surface area contributed by atoms with E-state index in [0.29, 0.717) is 5.03 Å². The molecule has 108 valence electrons. The van der Waals surface area contributed by atoms with Crippen molar-refractivity contribution in [3.63, 3.8) is 0 Å². The highest BCUT2D eigenvalue weighted by molar-refractivity contribution is 7.59. The number of rotatable bonds is 2. The van der Waals surface area contributed by atoms with Crippen molar-refractivity contribution in [2.24, 2.45) is 0 Å². The Kier molecular flexibility index (Phi) is 3.27. The molecule has 0 fully saturated rings. The molecule has 0 bridgehead atoms. The quantitative estimate of drug-likeness (QED) is 0.530. The monoisotopic (exact) mass is 314 g/mol. The summed E-state index contributed by atoms with van der Waals surface area (Å²) in [6, 6.07) is 0. The van der Waals surface area contributed by atoms with Crippen molar-refractivity contribution in [1.82, 2.24) is 15.0 Å². The van der Waals surface area contributed by atoms with E-state index in [0.717, 1.165) is 40.7 Å². The van der Waals surface area contributed by atoms with Crippen molar-refractivity contribution >= 4 is 44.4 Å². The molecule has 0 saturated heterocycles. The number of thiophene rings is 1. The number of aromatic nitrogens is 3. The van der Waals surface area contributed by atoms with E-state index in [2.05, 4.69) is 16.9 Å². The number of fused-ring (bicyclic) bond motifs is 5. The molecule has 4 rings (SSSR count). The van der Waals surface area contributed by atoms with E-state index in [1.165, 1.54) is 35.0 Å². The van der Waals surface area contributed by atoms with Crippen molar-refractivity contribution < 1.29 is 0 Å². The Morgan fingerprint density at radius 3 is 2.81 bits per heavy atom. The molecule has 0 aromatic carbocycles. The van der Waals surface area contributed by atoms with Crippen LogP contribution in [0.5, 0.6) is 0 Å². The van der Waals surface area contributed by atoms with Gasteiger partial charge in [-0.2, -0.15) is 0 Å². The standard InChI is InChI=1S/C16H17N3S2/c1-2-5-11-9-6-3-4-7-10(9)12-13-14(21-16(12)19-11)15(20)18-8-17-13/h8H,2-7H2,1H3,(H,17,18,20)/p-1. The Labute approximate surface area is 133 Å².